The van der Waals surface area contributed by atoms with Gasteiger partial charge in [0.15, 0.2) is 0 Å². The van der Waals surface area contributed by atoms with E-state index in [1.807, 2.05) is 13.8 Å². The van der Waals surface area contributed by atoms with Crippen LogP contribution >= 0.6 is 0 Å². The van der Waals surface area contributed by atoms with E-state index in [4.69, 9.17) is 0 Å². The zero-order chi connectivity index (χ0) is 11.6. The van der Waals surface area contributed by atoms with E-state index < -0.39 is 6.04 Å². The molecule has 1 aliphatic rings. The highest BCUT2D eigenvalue weighted by Gasteiger charge is 2.42. The molecule has 0 aliphatic carbocycles. The molecule has 1 saturated heterocycles. The molecule has 15 heavy (non-hydrogen) atoms. The molecule has 1 atom stereocenters. The maximum atomic E-state index is 11.8. The summed E-state index contributed by atoms with van der Waals surface area (Å²) in [6.07, 6.45) is 0.916. The number of nitrogens with zero attached hydrogens (tertiary/aromatic N) is 2. The molecule has 0 aromatic heterocycles. The quantitative estimate of drug-likeness (QED) is 0.507. The van der Waals surface area contributed by atoms with Crippen LogP contribution in [0, 0.1) is 0 Å². The van der Waals surface area contributed by atoms with Gasteiger partial charge >= 0.3 is 6.03 Å². The minimum atomic E-state index is -0.413. The van der Waals surface area contributed by atoms with Gasteiger partial charge < -0.3 is 9.69 Å². The molecule has 0 aromatic carbocycles. The van der Waals surface area contributed by atoms with Crippen molar-refractivity contribution in [2.24, 2.45) is 0 Å². The van der Waals surface area contributed by atoms with Crippen LogP contribution in [0.1, 0.15) is 27.2 Å². The van der Waals surface area contributed by atoms with E-state index in [0.717, 1.165) is 4.90 Å². The first-order valence-corrected chi connectivity index (χ1v) is 5.08. The number of hydrogen-bond acceptors (Lipinski definition) is 3. The normalized spacial score (nSPS) is 21.7. The molecule has 84 valence electrons. The molecular formula is C10H16N2O3. The van der Waals surface area contributed by atoms with Gasteiger partial charge in [0.2, 0.25) is 0 Å². The number of rotatable bonds is 4. The molecule has 1 heterocycles. The van der Waals surface area contributed by atoms with Crippen molar-refractivity contribution in [2.45, 2.75) is 39.3 Å². The van der Waals surface area contributed by atoms with Gasteiger partial charge in [-0.3, -0.25) is 9.69 Å². The molecule has 3 amide bonds. The SMILES string of the molecule is CC(C)N1C(=O)N(CCC=O)C(=O)C1C. The Labute approximate surface area is 89.0 Å². The summed E-state index contributed by atoms with van der Waals surface area (Å²) in [5.74, 6) is -0.212. The van der Waals surface area contributed by atoms with E-state index in [2.05, 4.69) is 0 Å². The van der Waals surface area contributed by atoms with Crippen LogP contribution in [0.25, 0.3) is 0 Å². The summed E-state index contributed by atoms with van der Waals surface area (Å²) in [5.41, 5.74) is 0. The molecule has 5 heteroatoms. The summed E-state index contributed by atoms with van der Waals surface area (Å²) in [6.45, 7) is 5.63. The van der Waals surface area contributed by atoms with Gasteiger partial charge in [0.05, 0.1) is 0 Å². The lowest BCUT2D eigenvalue weighted by atomic mass is 10.2. The molecule has 0 bridgehead atoms. The molecule has 1 rings (SSSR count). The van der Waals surface area contributed by atoms with Crippen LogP contribution in [0.2, 0.25) is 0 Å². The Morgan fingerprint density at radius 2 is 2.00 bits per heavy atom. The van der Waals surface area contributed by atoms with Gasteiger partial charge in [-0.25, -0.2) is 4.79 Å². The third kappa shape index (κ3) is 2.00. The maximum absolute atomic E-state index is 11.8. The first kappa shape index (κ1) is 11.7. The fraction of sp³-hybridized carbons (Fsp3) is 0.700. The zero-order valence-corrected chi connectivity index (χ0v) is 9.27. The summed E-state index contributed by atoms with van der Waals surface area (Å²) in [5, 5.41) is 0. The smallest absolute Gasteiger partial charge is 0.310 e. The topological polar surface area (TPSA) is 57.7 Å². The van der Waals surface area contributed by atoms with E-state index in [0.29, 0.717) is 6.29 Å². The van der Waals surface area contributed by atoms with E-state index in [1.54, 1.807) is 6.92 Å². The van der Waals surface area contributed by atoms with Gasteiger partial charge in [0.25, 0.3) is 5.91 Å². The lowest BCUT2D eigenvalue weighted by Crippen LogP contribution is -2.39. The molecule has 0 spiro atoms. The first-order valence-electron chi connectivity index (χ1n) is 5.08. The minimum Gasteiger partial charge on any atom is -0.310 e. The Balaban J connectivity index is 2.80. The van der Waals surface area contributed by atoms with Gasteiger partial charge in [-0.15, -0.1) is 0 Å². The van der Waals surface area contributed by atoms with E-state index >= 15 is 0 Å². The number of hydrogen-bond donors (Lipinski definition) is 0. The van der Waals surface area contributed by atoms with Gasteiger partial charge in [-0.1, -0.05) is 0 Å². The minimum absolute atomic E-state index is 0.00215. The molecule has 0 N–H and O–H groups in total. The van der Waals surface area contributed by atoms with Gasteiger partial charge in [0.1, 0.15) is 12.3 Å². The number of carbonyl (C=O) groups is 3. The summed E-state index contributed by atoms with van der Waals surface area (Å²) in [4.78, 5) is 36.4. The van der Waals surface area contributed by atoms with Crippen molar-refractivity contribution in [1.82, 2.24) is 9.80 Å². The highest BCUT2D eigenvalue weighted by Crippen LogP contribution is 2.19. The average Bonchev–Trinajstić information content (AvgIpc) is 2.37. The second-order valence-electron chi connectivity index (χ2n) is 3.90. The van der Waals surface area contributed by atoms with E-state index in [-0.39, 0.29) is 30.9 Å². The van der Waals surface area contributed by atoms with Crippen LogP contribution in [0.5, 0.6) is 0 Å². The molecule has 0 aromatic rings. The van der Waals surface area contributed by atoms with Crippen LogP contribution in [0.4, 0.5) is 4.79 Å². The number of carbonyl (C=O) groups excluding carboxylic acids is 3. The van der Waals surface area contributed by atoms with Crippen molar-refractivity contribution >= 4 is 18.2 Å². The van der Waals surface area contributed by atoms with Gasteiger partial charge in [-0.2, -0.15) is 0 Å². The number of urea groups is 1. The molecule has 5 nitrogen and oxygen atoms in total. The predicted octanol–water partition coefficient (Wildman–Crippen LogP) is 0.636. The lowest BCUT2D eigenvalue weighted by Gasteiger charge is -2.23. The Hall–Kier alpha value is -1.39. The predicted molar refractivity (Wildman–Crippen MR) is 54.2 cm³/mol. The highest BCUT2D eigenvalue weighted by atomic mass is 16.2. The maximum Gasteiger partial charge on any atom is 0.327 e. The fourth-order valence-corrected chi connectivity index (χ4v) is 1.80. The van der Waals surface area contributed by atoms with Crippen molar-refractivity contribution in [1.29, 1.82) is 0 Å². The number of amides is 3. The molecule has 0 saturated carbocycles. The molecule has 1 aliphatic heterocycles. The zero-order valence-electron chi connectivity index (χ0n) is 9.27. The Bertz CT molecular complexity index is 288. The molecule has 1 unspecified atom stereocenters. The third-order valence-corrected chi connectivity index (χ3v) is 2.52. The van der Waals surface area contributed by atoms with Crippen molar-refractivity contribution < 1.29 is 14.4 Å². The number of aldehydes is 1. The monoisotopic (exact) mass is 212 g/mol. The highest BCUT2D eigenvalue weighted by molar-refractivity contribution is 6.04. The van der Waals surface area contributed by atoms with Crippen molar-refractivity contribution in [3.8, 4) is 0 Å². The largest absolute Gasteiger partial charge is 0.327 e. The van der Waals surface area contributed by atoms with Crippen LogP contribution in [0.3, 0.4) is 0 Å². The van der Waals surface area contributed by atoms with Crippen molar-refractivity contribution in [2.75, 3.05) is 6.54 Å². The summed E-state index contributed by atoms with van der Waals surface area (Å²) in [7, 11) is 0. The molecule has 1 fully saturated rings. The Kier molecular flexibility index (Phi) is 3.44. The van der Waals surface area contributed by atoms with Crippen LogP contribution < -0.4 is 0 Å². The fourth-order valence-electron chi connectivity index (χ4n) is 1.80. The lowest BCUT2D eigenvalue weighted by molar-refractivity contribution is -0.128. The summed E-state index contributed by atoms with van der Waals surface area (Å²) >= 11 is 0. The average molecular weight is 212 g/mol. The summed E-state index contributed by atoms with van der Waals surface area (Å²) in [6, 6.07) is -0.703. The van der Waals surface area contributed by atoms with E-state index in [9.17, 15) is 14.4 Å². The Morgan fingerprint density at radius 3 is 2.40 bits per heavy atom. The van der Waals surface area contributed by atoms with Crippen LogP contribution in [0.15, 0.2) is 0 Å². The van der Waals surface area contributed by atoms with Gasteiger partial charge in [0, 0.05) is 19.0 Å². The van der Waals surface area contributed by atoms with Crippen LogP contribution in [-0.4, -0.2) is 46.7 Å². The summed E-state index contributed by atoms with van der Waals surface area (Å²) < 4.78 is 0. The second kappa shape index (κ2) is 4.42. The van der Waals surface area contributed by atoms with Crippen molar-refractivity contribution in [3.05, 3.63) is 0 Å². The first-order chi connectivity index (χ1) is 7.00. The molecular weight excluding hydrogens is 196 g/mol. The molecule has 0 radical (unpaired) electrons. The van der Waals surface area contributed by atoms with Gasteiger partial charge in [-0.05, 0) is 20.8 Å². The third-order valence-electron chi connectivity index (χ3n) is 2.52. The number of imide groups is 1. The van der Waals surface area contributed by atoms with Crippen molar-refractivity contribution in [3.63, 3.8) is 0 Å². The standard InChI is InChI=1S/C10H16N2O3/c1-7(2)12-8(3)9(14)11(10(12)15)5-4-6-13/h6-8H,4-5H2,1-3H3. The Morgan fingerprint density at radius 1 is 1.40 bits per heavy atom. The van der Waals surface area contributed by atoms with E-state index in [1.165, 1.54) is 4.90 Å². The van der Waals surface area contributed by atoms with Crippen LogP contribution in [-0.2, 0) is 9.59 Å². The second-order valence-corrected chi connectivity index (χ2v) is 3.90.